The summed E-state index contributed by atoms with van der Waals surface area (Å²) >= 11 is 0. The van der Waals surface area contributed by atoms with Crippen molar-refractivity contribution in [3.63, 3.8) is 0 Å². The summed E-state index contributed by atoms with van der Waals surface area (Å²) in [4.78, 5) is 24.8. The van der Waals surface area contributed by atoms with Crippen LogP contribution in [0.2, 0.25) is 0 Å². The molecular formula is C16H22N2O3. The molecule has 0 spiro atoms. The zero-order valence-corrected chi connectivity index (χ0v) is 12.3. The molecular weight excluding hydrogens is 268 g/mol. The Balaban J connectivity index is 1.99. The third-order valence-corrected chi connectivity index (χ3v) is 3.73. The maximum absolute atomic E-state index is 12.4. The summed E-state index contributed by atoms with van der Waals surface area (Å²) in [5.41, 5.74) is 8.11. The highest BCUT2D eigenvalue weighted by molar-refractivity contribution is 5.82. The molecule has 0 bridgehead atoms. The summed E-state index contributed by atoms with van der Waals surface area (Å²) < 4.78 is 0. The van der Waals surface area contributed by atoms with Gasteiger partial charge < -0.3 is 15.7 Å². The first-order chi connectivity index (χ1) is 9.97. The molecule has 1 unspecified atom stereocenters. The van der Waals surface area contributed by atoms with E-state index in [-0.39, 0.29) is 24.8 Å². The maximum atomic E-state index is 12.4. The average molecular weight is 290 g/mol. The lowest BCUT2D eigenvalue weighted by Gasteiger charge is -2.25. The molecule has 3 N–H and O–H groups in total. The van der Waals surface area contributed by atoms with Gasteiger partial charge in [-0.15, -0.1) is 0 Å². The number of hydrogen-bond donors (Lipinski definition) is 2. The molecule has 1 saturated carbocycles. The highest BCUT2D eigenvalue weighted by Gasteiger charge is 2.34. The van der Waals surface area contributed by atoms with E-state index in [9.17, 15) is 9.59 Å². The quantitative estimate of drug-likeness (QED) is 0.800. The first kappa shape index (κ1) is 15.5. The van der Waals surface area contributed by atoms with Crippen molar-refractivity contribution in [2.45, 2.75) is 51.2 Å². The normalized spacial score (nSPS) is 15.5. The van der Waals surface area contributed by atoms with E-state index < -0.39 is 12.0 Å². The van der Waals surface area contributed by atoms with E-state index in [1.165, 1.54) is 5.56 Å². The van der Waals surface area contributed by atoms with E-state index in [4.69, 9.17) is 10.8 Å². The van der Waals surface area contributed by atoms with Crippen LogP contribution in [0.5, 0.6) is 0 Å². The van der Waals surface area contributed by atoms with Gasteiger partial charge in [-0.1, -0.05) is 29.8 Å². The number of carbonyl (C=O) groups excluding carboxylic acids is 1. The number of nitrogens with zero attached hydrogens (tertiary/aromatic N) is 1. The van der Waals surface area contributed by atoms with E-state index in [0.29, 0.717) is 6.54 Å². The number of rotatable bonds is 7. The lowest BCUT2D eigenvalue weighted by molar-refractivity contribution is -0.138. The van der Waals surface area contributed by atoms with Crippen molar-refractivity contribution < 1.29 is 14.7 Å². The second-order valence-electron chi connectivity index (χ2n) is 5.72. The number of carboxylic acids is 1. The van der Waals surface area contributed by atoms with E-state index in [1.807, 2.05) is 31.2 Å². The molecule has 1 aliphatic carbocycles. The minimum atomic E-state index is -0.922. The number of aryl methyl sites for hydroxylation is 1. The molecule has 5 nitrogen and oxygen atoms in total. The number of carboxylic acid groups (broad SMARTS) is 1. The van der Waals surface area contributed by atoms with Crippen molar-refractivity contribution in [2.24, 2.45) is 5.73 Å². The summed E-state index contributed by atoms with van der Waals surface area (Å²) in [5.74, 6) is -1.06. The molecule has 2 rings (SSSR count). The van der Waals surface area contributed by atoms with E-state index in [0.717, 1.165) is 18.4 Å². The van der Waals surface area contributed by atoms with Gasteiger partial charge in [0.2, 0.25) is 5.91 Å². The van der Waals surface area contributed by atoms with Crippen molar-refractivity contribution in [2.75, 3.05) is 0 Å². The van der Waals surface area contributed by atoms with Gasteiger partial charge in [0, 0.05) is 19.0 Å². The number of aliphatic carboxylic acids is 1. The van der Waals surface area contributed by atoms with Crippen LogP contribution in [0.1, 0.15) is 36.8 Å². The van der Waals surface area contributed by atoms with Crippen molar-refractivity contribution in [3.8, 4) is 0 Å². The Bertz CT molecular complexity index is 509. The SMILES string of the molecule is Cc1ccc(CN(C(=O)C(N)CCC(=O)O)C2CC2)cc1. The highest BCUT2D eigenvalue weighted by Crippen LogP contribution is 2.29. The van der Waals surface area contributed by atoms with Crippen molar-refractivity contribution in [3.05, 3.63) is 35.4 Å². The maximum Gasteiger partial charge on any atom is 0.303 e. The summed E-state index contributed by atoms with van der Waals surface area (Å²) in [7, 11) is 0. The number of carbonyl (C=O) groups is 2. The Morgan fingerprint density at radius 1 is 1.33 bits per heavy atom. The summed E-state index contributed by atoms with van der Waals surface area (Å²) in [6.07, 6.45) is 2.12. The predicted octanol–water partition coefficient (Wildman–Crippen LogP) is 1.68. The Labute approximate surface area is 124 Å². The topological polar surface area (TPSA) is 83.6 Å². The van der Waals surface area contributed by atoms with Crippen molar-refractivity contribution >= 4 is 11.9 Å². The Hall–Kier alpha value is -1.88. The van der Waals surface area contributed by atoms with Crippen LogP contribution in [0.3, 0.4) is 0 Å². The molecule has 1 amide bonds. The second kappa shape index (κ2) is 6.72. The van der Waals surface area contributed by atoms with Gasteiger partial charge in [0.25, 0.3) is 0 Å². The number of benzene rings is 1. The standard InChI is InChI=1S/C16H22N2O3/c1-11-2-4-12(5-3-11)10-18(13-6-7-13)16(21)14(17)8-9-15(19)20/h2-5,13-14H,6-10,17H2,1H3,(H,19,20). The predicted molar refractivity (Wildman–Crippen MR) is 79.6 cm³/mol. The van der Waals surface area contributed by atoms with Crippen LogP contribution in [-0.2, 0) is 16.1 Å². The van der Waals surface area contributed by atoms with Gasteiger partial charge in [-0.05, 0) is 31.7 Å². The monoisotopic (exact) mass is 290 g/mol. The molecule has 1 aromatic rings. The molecule has 0 heterocycles. The largest absolute Gasteiger partial charge is 0.481 e. The van der Waals surface area contributed by atoms with Gasteiger partial charge in [0.05, 0.1) is 6.04 Å². The molecule has 0 saturated heterocycles. The molecule has 0 aromatic heterocycles. The molecule has 1 fully saturated rings. The van der Waals surface area contributed by atoms with Crippen LogP contribution >= 0.6 is 0 Å². The molecule has 1 aliphatic rings. The smallest absolute Gasteiger partial charge is 0.303 e. The van der Waals surface area contributed by atoms with Gasteiger partial charge in [-0.3, -0.25) is 9.59 Å². The first-order valence-electron chi connectivity index (χ1n) is 7.31. The van der Waals surface area contributed by atoms with Crippen LogP contribution < -0.4 is 5.73 Å². The van der Waals surface area contributed by atoms with Gasteiger partial charge in [0.1, 0.15) is 0 Å². The fourth-order valence-corrected chi connectivity index (χ4v) is 2.28. The second-order valence-corrected chi connectivity index (χ2v) is 5.72. The Morgan fingerprint density at radius 2 is 1.95 bits per heavy atom. The Kier molecular flexibility index (Phi) is 4.96. The average Bonchev–Trinajstić information content (AvgIpc) is 3.28. The number of nitrogens with two attached hydrogens (primary N) is 1. The minimum absolute atomic E-state index is 0.0735. The lowest BCUT2D eigenvalue weighted by Crippen LogP contribution is -2.44. The molecule has 1 aromatic carbocycles. The zero-order chi connectivity index (χ0) is 15.4. The Morgan fingerprint density at radius 3 is 2.48 bits per heavy atom. The number of amides is 1. The molecule has 5 heteroatoms. The van der Waals surface area contributed by atoms with Gasteiger partial charge in [-0.2, -0.15) is 0 Å². The third-order valence-electron chi connectivity index (χ3n) is 3.73. The van der Waals surface area contributed by atoms with Gasteiger partial charge >= 0.3 is 5.97 Å². The van der Waals surface area contributed by atoms with E-state index >= 15 is 0 Å². The van der Waals surface area contributed by atoms with E-state index in [2.05, 4.69) is 0 Å². The molecule has 0 aliphatic heterocycles. The summed E-state index contributed by atoms with van der Waals surface area (Å²) in [6.45, 7) is 2.57. The highest BCUT2D eigenvalue weighted by atomic mass is 16.4. The van der Waals surface area contributed by atoms with Crippen LogP contribution in [0.4, 0.5) is 0 Å². The zero-order valence-electron chi connectivity index (χ0n) is 12.3. The van der Waals surface area contributed by atoms with Crippen molar-refractivity contribution in [1.29, 1.82) is 0 Å². The van der Waals surface area contributed by atoms with Crippen LogP contribution in [0.25, 0.3) is 0 Å². The minimum Gasteiger partial charge on any atom is -0.481 e. The van der Waals surface area contributed by atoms with E-state index in [1.54, 1.807) is 4.90 Å². The van der Waals surface area contributed by atoms with Crippen LogP contribution in [0.15, 0.2) is 24.3 Å². The number of hydrogen-bond acceptors (Lipinski definition) is 3. The van der Waals surface area contributed by atoms with Gasteiger partial charge in [0.15, 0.2) is 0 Å². The summed E-state index contributed by atoms with van der Waals surface area (Å²) in [5, 5.41) is 8.69. The van der Waals surface area contributed by atoms with Gasteiger partial charge in [-0.25, -0.2) is 0 Å². The molecule has 1 atom stereocenters. The fourth-order valence-electron chi connectivity index (χ4n) is 2.28. The van der Waals surface area contributed by atoms with Crippen molar-refractivity contribution in [1.82, 2.24) is 4.90 Å². The first-order valence-corrected chi connectivity index (χ1v) is 7.31. The van der Waals surface area contributed by atoms with Crippen LogP contribution in [0, 0.1) is 6.92 Å². The molecule has 21 heavy (non-hydrogen) atoms. The third kappa shape index (κ3) is 4.56. The lowest BCUT2D eigenvalue weighted by atomic mass is 10.1. The van der Waals surface area contributed by atoms with Crippen LogP contribution in [-0.4, -0.2) is 34.0 Å². The summed E-state index contributed by atoms with van der Waals surface area (Å²) in [6, 6.07) is 7.60. The fraction of sp³-hybridized carbons (Fsp3) is 0.500. The molecule has 0 radical (unpaired) electrons. The molecule has 114 valence electrons.